The molecule has 0 saturated carbocycles. The summed E-state index contributed by atoms with van der Waals surface area (Å²) >= 11 is 1.85. The molecule has 1 saturated heterocycles. The molecule has 1 fully saturated rings. The van der Waals surface area contributed by atoms with Crippen LogP contribution in [0.25, 0.3) is 0 Å². The lowest BCUT2D eigenvalue weighted by Gasteiger charge is -2.19. The average molecular weight is 234 g/mol. The summed E-state index contributed by atoms with van der Waals surface area (Å²) in [6, 6.07) is 8.28. The summed E-state index contributed by atoms with van der Waals surface area (Å²) in [5.74, 6) is 1.57. The van der Waals surface area contributed by atoms with Gasteiger partial charge in [-0.25, -0.2) is 0 Å². The summed E-state index contributed by atoms with van der Waals surface area (Å²) in [5, 5.41) is 0.259. The fourth-order valence-corrected chi connectivity index (χ4v) is 3.39. The third-order valence-electron chi connectivity index (χ3n) is 3.00. The fraction of sp³-hybridized carbons (Fsp3) is 0.500. The second-order valence-electron chi connectivity index (χ2n) is 4.49. The molecule has 1 aromatic carbocycles. The maximum absolute atomic E-state index is 12.1. The molecular weight excluding hydrogens is 216 g/mol. The van der Waals surface area contributed by atoms with Crippen LogP contribution in [0.1, 0.15) is 30.4 Å². The first-order valence-electron chi connectivity index (χ1n) is 5.95. The Kier molecular flexibility index (Phi) is 4.05. The molecule has 0 bridgehead atoms. The van der Waals surface area contributed by atoms with Gasteiger partial charge in [-0.3, -0.25) is 4.79 Å². The summed E-state index contributed by atoms with van der Waals surface area (Å²) < 4.78 is 0. The number of hydrogen-bond acceptors (Lipinski definition) is 2. The highest BCUT2D eigenvalue weighted by molar-refractivity contribution is 8.00. The van der Waals surface area contributed by atoms with Gasteiger partial charge in [0.2, 0.25) is 0 Å². The molecule has 1 aromatic rings. The van der Waals surface area contributed by atoms with Gasteiger partial charge in [0.1, 0.15) is 5.78 Å². The Morgan fingerprint density at radius 1 is 1.44 bits per heavy atom. The Balaban J connectivity index is 1.96. The summed E-state index contributed by atoms with van der Waals surface area (Å²) in [4.78, 5) is 12.1. The summed E-state index contributed by atoms with van der Waals surface area (Å²) in [5.41, 5.74) is 2.40. The molecule has 1 heterocycles. The number of carbonyl (C=O) groups is 1. The molecule has 86 valence electrons. The van der Waals surface area contributed by atoms with E-state index in [4.69, 9.17) is 0 Å². The standard InChI is InChI=1S/C14H18OS/c1-11-5-4-6-12(9-11)10-13(15)14-7-2-3-8-16-14/h4-6,9,14H,2-3,7-8,10H2,1H3. The van der Waals surface area contributed by atoms with Gasteiger partial charge in [-0.1, -0.05) is 36.2 Å². The lowest BCUT2D eigenvalue weighted by atomic mass is 10.0. The quantitative estimate of drug-likeness (QED) is 0.797. The maximum Gasteiger partial charge on any atom is 0.150 e. The summed E-state index contributed by atoms with van der Waals surface area (Å²) in [6.07, 6.45) is 4.19. The fourth-order valence-electron chi connectivity index (χ4n) is 2.13. The van der Waals surface area contributed by atoms with E-state index in [1.807, 2.05) is 17.8 Å². The Morgan fingerprint density at radius 3 is 3.00 bits per heavy atom. The predicted octanol–water partition coefficient (Wildman–Crippen LogP) is 3.39. The molecule has 0 aromatic heterocycles. The Hall–Kier alpha value is -0.760. The Bertz CT molecular complexity index is 367. The van der Waals surface area contributed by atoms with E-state index < -0.39 is 0 Å². The van der Waals surface area contributed by atoms with Crippen molar-refractivity contribution in [3.8, 4) is 0 Å². The number of aryl methyl sites for hydroxylation is 1. The highest BCUT2D eigenvalue weighted by Crippen LogP contribution is 2.26. The minimum atomic E-state index is 0.259. The number of Topliss-reactive ketones (excluding diaryl/α,β-unsaturated/α-hetero) is 1. The lowest BCUT2D eigenvalue weighted by molar-refractivity contribution is -0.118. The Morgan fingerprint density at radius 2 is 2.31 bits per heavy atom. The number of carbonyl (C=O) groups excluding carboxylic acids is 1. The van der Waals surface area contributed by atoms with Crippen molar-refractivity contribution in [2.24, 2.45) is 0 Å². The zero-order valence-electron chi connectivity index (χ0n) is 9.74. The molecule has 0 amide bonds. The van der Waals surface area contributed by atoms with Crippen LogP contribution in [0, 0.1) is 6.92 Å². The number of rotatable bonds is 3. The van der Waals surface area contributed by atoms with Crippen molar-refractivity contribution in [2.75, 3.05) is 5.75 Å². The van der Waals surface area contributed by atoms with E-state index in [0.29, 0.717) is 12.2 Å². The van der Waals surface area contributed by atoms with Crippen LogP contribution in [-0.4, -0.2) is 16.8 Å². The van der Waals surface area contributed by atoms with Gasteiger partial charge in [0.05, 0.1) is 5.25 Å². The van der Waals surface area contributed by atoms with Crippen LogP contribution >= 0.6 is 11.8 Å². The molecule has 2 rings (SSSR count). The molecule has 1 atom stereocenters. The van der Waals surface area contributed by atoms with Crippen molar-refractivity contribution < 1.29 is 4.79 Å². The first kappa shape index (κ1) is 11.7. The van der Waals surface area contributed by atoms with Crippen molar-refractivity contribution in [3.63, 3.8) is 0 Å². The molecule has 2 heteroatoms. The number of hydrogen-bond donors (Lipinski definition) is 0. The van der Waals surface area contributed by atoms with E-state index in [1.54, 1.807) is 0 Å². The van der Waals surface area contributed by atoms with Gasteiger partial charge in [-0.15, -0.1) is 0 Å². The van der Waals surface area contributed by atoms with Gasteiger partial charge >= 0.3 is 0 Å². The number of ketones is 1. The predicted molar refractivity (Wildman–Crippen MR) is 70.0 cm³/mol. The van der Waals surface area contributed by atoms with Crippen molar-refractivity contribution in [3.05, 3.63) is 35.4 Å². The first-order chi connectivity index (χ1) is 7.75. The molecule has 1 aliphatic heterocycles. The average Bonchev–Trinajstić information content (AvgIpc) is 2.30. The minimum absolute atomic E-state index is 0.259. The van der Waals surface area contributed by atoms with Crippen molar-refractivity contribution in [2.45, 2.75) is 37.9 Å². The number of thioether (sulfide) groups is 1. The van der Waals surface area contributed by atoms with Crippen LogP contribution in [0.15, 0.2) is 24.3 Å². The van der Waals surface area contributed by atoms with Crippen LogP contribution in [0.2, 0.25) is 0 Å². The van der Waals surface area contributed by atoms with Gasteiger partial charge in [0, 0.05) is 6.42 Å². The van der Waals surface area contributed by atoms with Crippen LogP contribution in [0.3, 0.4) is 0 Å². The smallest absolute Gasteiger partial charge is 0.150 e. The van der Waals surface area contributed by atoms with Gasteiger partial charge in [-0.2, -0.15) is 11.8 Å². The molecule has 0 radical (unpaired) electrons. The minimum Gasteiger partial charge on any atom is -0.298 e. The molecular formula is C14H18OS. The van der Waals surface area contributed by atoms with Crippen LogP contribution < -0.4 is 0 Å². The van der Waals surface area contributed by atoms with E-state index in [2.05, 4.69) is 25.1 Å². The largest absolute Gasteiger partial charge is 0.298 e. The van der Waals surface area contributed by atoms with Crippen molar-refractivity contribution in [1.29, 1.82) is 0 Å². The number of benzene rings is 1. The molecule has 0 aliphatic carbocycles. The van der Waals surface area contributed by atoms with E-state index in [-0.39, 0.29) is 5.25 Å². The Labute approximate surface area is 102 Å². The second-order valence-corrected chi connectivity index (χ2v) is 5.80. The molecule has 1 unspecified atom stereocenters. The highest BCUT2D eigenvalue weighted by Gasteiger charge is 2.21. The zero-order valence-corrected chi connectivity index (χ0v) is 10.6. The molecule has 0 N–H and O–H groups in total. The van der Waals surface area contributed by atoms with E-state index in [1.165, 1.54) is 18.4 Å². The van der Waals surface area contributed by atoms with E-state index >= 15 is 0 Å². The van der Waals surface area contributed by atoms with Crippen molar-refractivity contribution in [1.82, 2.24) is 0 Å². The summed E-state index contributed by atoms with van der Waals surface area (Å²) in [7, 11) is 0. The van der Waals surface area contributed by atoms with Crippen LogP contribution in [-0.2, 0) is 11.2 Å². The van der Waals surface area contributed by atoms with Gasteiger partial charge in [0.15, 0.2) is 0 Å². The normalized spacial score (nSPS) is 20.7. The van der Waals surface area contributed by atoms with E-state index in [9.17, 15) is 4.79 Å². The lowest BCUT2D eigenvalue weighted by Crippen LogP contribution is -2.22. The third kappa shape index (κ3) is 3.11. The zero-order chi connectivity index (χ0) is 11.4. The molecule has 0 spiro atoms. The molecule has 1 nitrogen and oxygen atoms in total. The molecule has 16 heavy (non-hydrogen) atoms. The van der Waals surface area contributed by atoms with E-state index in [0.717, 1.165) is 17.7 Å². The van der Waals surface area contributed by atoms with Gasteiger partial charge in [0.25, 0.3) is 0 Å². The SMILES string of the molecule is Cc1cccc(CC(=O)C2CCCCS2)c1. The van der Waals surface area contributed by atoms with Crippen LogP contribution in [0.5, 0.6) is 0 Å². The first-order valence-corrected chi connectivity index (χ1v) is 7.00. The van der Waals surface area contributed by atoms with Gasteiger partial charge < -0.3 is 0 Å². The van der Waals surface area contributed by atoms with Gasteiger partial charge in [-0.05, 0) is 31.1 Å². The summed E-state index contributed by atoms with van der Waals surface area (Å²) in [6.45, 7) is 2.07. The highest BCUT2D eigenvalue weighted by atomic mass is 32.2. The molecule has 1 aliphatic rings. The maximum atomic E-state index is 12.1. The van der Waals surface area contributed by atoms with Crippen LogP contribution in [0.4, 0.5) is 0 Å². The second kappa shape index (κ2) is 5.53. The third-order valence-corrected chi connectivity index (χ3v) is 4.42. The topological polar surface area (TPSA) is 17.1 Å². The van der Waals surface area contributed by atoms with Crippen molar-refractivity contribution >= 4 is 17.5 Å². The monoisotopic (exact) mass is 234 g/mol.